The summed E-state index contributed by atoms with van der Waals surface area (Å²) < 4.78 is 1.71. The molecule has 2 heterocycles. The predicted octanol–water partition coefficient (Wildman–Crippen LogP) is 3.68. The van der Waals surface area contributed by atoms with Gasteiger partial charge in [0.05, 0.1) is 23.7 Å². The highest BCUT2D eigenvalue weighted by molar-refractivity contribution is 5.83. The zero-order valence-electron chi connectivity index (χ0n) is 18.9. The lowest BCUT2D eigenvalue weighted by molar-refractivity contribution is 0.156. The number of rotatable bonds is 4. The number of aromatic nitrogens is 4. The number of H-pyrrole nitrogens is 1. The summed E-state index contributed by atoms with van der Waals surface area (Å²) in [5.41, 5.74) is 2.06. The summed E-state index contributed by atoms with van der Waals surface area (Å²) in [5.74, 6) is 0.169. The van der Waals surface area contributed by atoms with Gasteiger partial charge in [-0.2, -0.15) is 4.98 Å². The van der Waals surface area contributed by atoms with Crippen LogP contribution in [0.5, 0.6) is 0 Å². The highest BCUT2D eigenvalue weighted by Crippen LogP contribution is 2.23. The standard InChI is InChI=1S/C24H20N4O3.C2H6/c1-14-6-9-20-19(10-14)25-21-22(26-24(31)27-23(21)30)28(20)13-18(29)12-15-7-8-16-4-2-3-5-17(16)11-15;1-2/h2-11,18,29H,12-13H2,1H3,(H,27,30,31);1-2H3. The van der Waals surface area contributed by atoms with Gasteiger partial charge in [0, 0.05) is 6.42 Å². The number of nitrogens with one attached hydrogen (secondary N) is 1. The average molecular weight is 443 g/mol. The van der Waals surface area contributed by atoms with Gasteiger partial charge in [-0.3, -0.25) is 9.78 Å². The smallest absolute Gasteiger partial charge is 0.349 e. The van der Waals surface area contributed by atoms with E-state index in [1.54, 1.807) is 4.57 Å². The molecular formula is C26H26N4O3. The van der Waals surface area contributed by atoms with Crippen LogP contribution in [0, 0.1) is 6.92 Å². The third-order valence-electron chi connectivity index (χ3n) is 5.44. The largest absolute Gasteiger partial charge is 0.391 e. The molecular weight excluding hydrogens is 416 g/mol. The van der Waals surface area contributed by atoms with Gasteiger partial charge in [0.1, 0.15) is 0 Å². The maximum atomic E-state index is 12.3. The fourth-order valence-corrected chi connectivity index (χ4v) is 4.01. The third-order valence-corrected chi connectivity index (χ3v) is 5.44. The lowest BCUT2D eigenvalue weighted by atomic mass is 10.0. The first-order valence-electron chi connectivity index (χ1n) is 11.0. The number of fused-ring (bicyclic) bond motifs is 3. The molecule has 2 aliphatic heterocycles. The number of hydrogen-bond donors (Lipinski definition) is 2. The zero-order chi connectivity index (χ0) is 23.5. The van der Waals surface area contributed by atoms with Crippen LogP contribution in [0.3, 0.4) is 0 Å². The van der Waals surface area contributed by atoms with Crippen molar-refractivity contribution >= 4 is 21.8 Å². The van der Waals surface area contributed by atoms with Crippen LogP contribution < -0.4 is 11.2 Å². The van der Waals surface area contributed by atoms with Gasteiger partial charge in [-0.1, -0.05) is 62.4 Å². The van der Waals surface area contributed by atoms with E-state index in [-0.39, 0.29) is 18.1 Å². The van der Waals surface area contributed by atoms with Crippen LogP contribution in [0.25, 0.3) is 33.3 Å². The molecule has 0 bridgehead atoms. The Bertz CT molecular complexity index is 1520. The number of aromatic amines is 1. The number of nitrogens with zero attached hydrogens (tertiary/aromatic N) is 3. The number of benzene rings is 3. The highest BCUT2D eigenvalue weighted by Gasteiger charge is 2.20. The molecule has 0 aromatic heterocycles. The van der Waals surface area contributed by atoms with Crippen molar-refractivity contribution < 1.29 is 5.11 Å². The molecule has 0 saturated heterocycles. The van der Waals surface area contributed by atoms with Crippen molar-refractivity contribution in [1.82, 2.24) is 19.5 Å². The van der Waals surface area contributed by atoms with Gasteiger partial charge in [-0.25, -0.2) is 9.78 Å². The van der Waals surface area contributed by atoms with E-state index in [1.807, 2.05) is 75.4 Å². The SMILES string of the molecule is CC.Cc1ccc2c(c1)nc1c(=O)[nH]c(=O)nc-1n2CC(O)Cc1ccc2ccccc2c1. The first-order chi connectivity index (χ1) is 16.0. The summed E-state index contributed by atoms with van der Waals surface area (Å²) in [6.45, 7) is 6.11. The summed E-state index contributed by atoms with van der Waals surface area (Å²) in [4.78, 5) is 34.8. The van der Waals surface area contributed by atoms with Crippen molar-refractivity contribution in [1.29, 1.82) is 0 Å². The van der Waals surface area contributed by atoms with Crippen LogP contribution in [0.1, 0.15) is 25.0 Å². The van der Waals surface area contributed by atoms with Crippen LogP contribution in [-0.4, -0.2) is 30.7 Å². The quantitative estimate of drug-likeness (QED) is 0.414. The molecule has 0 saturated carbocycles. The van der Waals surface area contributed by atoms with Crippen LogP contribution in [-0.2, 0) is 13.0 Å². The Morgan fingerprint density at radius 1 is 0.970 bits per heavy atom. The fraction of sp³-hybridized carbons (Fsp3) is 0.231. The first-order valence-corrected chi connectivity index (χ1v) is 11.0. The molecule has 168 valence electrons. The van der Waals surface area contributed by atoms with Crippen molar-refractivity contribution in [3.05, 3.63) is 92.6 Å². The van der Waals surface area contributed by atoms with Gasteiger partial charge in [-0.15, -0.1) is 0 Å². The summed E-state index contributed by atoms with van der Waals surface area (Å²) >= 11 is 0. The minimum absolute atomic E-state index is 0.0793. The fourth-order valence-electron chi connectivity index (χ4n) is 4.01. The molecule has 1 atom stereocenters. The Morgan fingerprint density at radius 2 is 1.73 bits per heavy atom. The normalized spacial score (nSPS) is 12.0. The lowest BCUT2D eigenvalue weighted by Crippen LogP contribution is -2.30. The molecule has 0 radical (unpaired) electrons. The Morgan fingerprint density at radius 3 is 2.52 bits per heavy atom. The first kappa shape index (κ1) is 22.4. The Labute approximate surface area is 190 Å². The Balaban J connectivity index is 0.00000126. The topological polar surface area (TPSA) is 101 Å². The van der Waals surface area contributed by atoms with Crippen LogP contribution >= 0.6 is 0 Å². The molecule has 0 fully saturated rings. The number of hydrogen-bond acceptors (Lipinski definition) is 5. The molecule has 3 aromatic carbocycles. The van der Waals surface area contributed by atoms with Crippen molar-refractivity contribution in [2.75, 3.05) is 0 Å². The molecule has 7 heteroatoms. The van der Waals surface area contributed by atoms with Crippen LogP contribution in [0.4, 0.5) is 0 Å². The molecule has 0 amide bonds. The minimum Gasteiger partial charge on any atom is -0.391 e. The molecule has 3 aromatic rings. The monoisotopic (exact) mass is 442 g/mol. The highest BCUT2D eigenvalue weighted by atomic mass is 16.3. The molecule has 0 aliphatic carbocycles. The van der Waals surface area contributed by atoms with Crippen LogP contribution in [0.15, 0.2) is 70.3 Å². The second-order valence-corrected chi connectivity index (χ2v) is 7.80. The lowest BCUT2D eigenvalue weighted by Gasteiger charge is -2.20. The molecule has 2 aliphatic rings. The predicted molar refractivity (Wildman–Crippen MR) is 131 cm³/mol. The second-order valence-electron chi connectivity index (χ2n) is 7.80. The summed E-state index contributed by atoms with van der Waals surface area (Å²) in [5, 5.41) is 13.2. The van der Waals surface area contributed by atoms with Crippen molar-refractivity contribution in [3.8, 4) is 11.5 Å². The van der Waals surface area contributed by atoms with E-state index < -0.39 is 17.4 Å². The molecule has 1 unspecified atom stereocenters. The zero-order valence-corrected chi connectivity index (χ0v) is 18.9. The van der Waals surface area contributed by atoms with E-state index in [9.17, 15) is 14.7 Å². The van der Waals surface area contributed by atoms with Gasteiger partial charge in [0.15, 0.2) is 11.5 Å². The second kappa shape index (κ2) is 9.34. The van der Waals surface area contributed by atoms with E-state index in [0.717, 1.165) is 21.9 Å². The third kappa shape index (κ3) is 4.54. The van der Waals surface area contributed by atoms with Crippen molar-refractivity contribution in [2.45, 2.75) is 39.8 Å². The maximum Gasteiger partial charge on any atom is 0.349 e. The number of aliphatic hydroxyl groups is 1. The molecule has 2 N–H and O–H groups in total. The number of aryl methyl sites for hydroxylation is 1. The van der Waals surface area contributed by atoms with Gasteiger partial charge >= 0.3 is 5.69 Å². The summed E-state index contributed by atoms with van der Waals surface area (Å²) in [6, 6.07) is 19.8. The Kier molecular flexibility index (Phi) is 6.33. The van der Waals surface area contributed by atoms with Gasteiger partial charge in [-0.05, 0) is 41.0 Å². The van der Waals surface area contributed by atoms with E-state index in [1.165, 1.54) is 0 Å². The van der Waals surface area contributed by atoms with E-state index in [0.29, 0.717) is 17.5 Å². The van der Waals surface area contributed by atoms with E-state index >= 15 is 0 Å². The van der Waals surface area contributed by atoms with Gasteiger partial charge < -0.3 is 9.67 Å². The van der Waals surface area contributed by atoms with Crippen molar-refractivity contribution in [2.24, 2.45) is 0 Å². The Hall–Kier alpha value is -3.84. The molecule has 5 rings (SSSR count). The van der Waals surface area contributed by atoms with Gasteiger partial charge in [0.2, 0.25) is 0 Å². The maximum absolute atomic E-state index is 12.3. The summed E-state index contributed by atoms with van der Waals surface area (Å²) in [7, 11) is 0. The van der Waals surface area contributed by atoms with E-state index in [2.05, 4.69) is 21.0 Å². The minimum atomic E-state index is -0.752. The average Bonchev–Trinajstić information content (AvgIpc) is 2.80. The van der Waals surface area contributed by atoms with E-state index in [4.69, 9.17) is 0 Å². The molecule has 7 nitrogen and oxygen atoms in total. The number of aliphatic hydroxyl groups excluding tert-OH is 1. The van der Waals surface area contributed by atoms with Crippen molar-refractivity contribution in [3.63, 3.8) is 0 Å². The van der Waals surface area contributed by atoms with Gasteiger partial charge in [0.25, 0.3) is 5.56 Å². The molecule has 0 spiro atoms. The van der Waals surface area contributed by atoms with Crippen LogP contribution in [0.2, 0.25) is 0 Å². The summed E-state index contributed by atoms with van der Waals surface area (Å²) in [6.07, 6.45) is -0.333. The molecule has 33 heavy (non-hydrogen) atoms.